The molecule has 0 radical (unpaired) electrons. The minimum Gasteiger partial charge on any atom is -0.311 e. The van der Waals surface area contributed by atoms with E-state index in [4.69, 9.17) is 5.10 Å². The van der Waals surface area contributed by atoms with Crippen LogP contribution in [0.1, 0.15) is 23.7 Å². The second-order valence-electron chi connectivity index (χ2n) is 7.76. The maximum atomic E-state index is 13.3. The fourth-order valence-electron chi connectivity index (χ4n) is 4.09. The number of rotatable bonds is 5. The number of hydrogen-bond acceptors (Lipinski definition) is 3. The number of hydrogen-bond donors (Lipinski definition) is 0. The number of aryl methyl sites for hydroxylation is 3. The summed E-state index contributed by atoms with van der Waals surface area (Å²) in [5.74, 6) is -0.140. The summed E-state index contributed by atoms with van der Waals surface area (Å²) in [5.41, 5.74) is 4.86. The van der Waals surface area contributed by atoms with E-state index in [0.717, 1.165) is 33.6 Å². The topological polar surface area (TPSA) is 60.1 Å². The Kier molecular flexibility index (Phi) is 5.46. The number of carbonyl (C=O) groups excluding carboxylic acids is 1. The quantitative estimate of drug-likeness (QED) is 0.493. The molecule has 0 N–H and O–H groups in total. The number of fused-ring (bicyclic) bond motifs is 1. The molecular weight excluding hydrogens is 388 g/mol. The van der Waals surface area contributed by atoms with Gasteiger partial charge in [0.25, 0.3) is 5.56 Å². The molecule has 2 heterocycles. The van der Waals surface area contributed by atoms with Crippen molar-refractivity contribution in [1.82, 2.24) is 14.3 Å². The standard InChI is InChI=1S/C25H26N4O2/c1-5-27(21-13-9-10-17(2)14-21)23(31)16-28-22(30)15-18(3)24-19(4)26-29(25(24)28)20-11-7-6-8-12-20/h6-15H,5,16H2,1-4H3. The van der Waals surface area contributed by atoms with Crippen LogP contribution in [-0.4, -0.2) is 26.8 Å². The molecule has 0 aliphatic heterocycles. The molecule has 6 heteroatoms. The van der Waals surface area contributed by atoms with Crippen LogP contribution in [0.25, 0.3) is 16.7 Å². The Morgan fingerprint density at radius 3 is 2.42 bits per heavy atom. The van der Waals surface area contributed by atoms with Gasteiger partial charge in [0.15, 0.2) is 0 Å². The summed E-state index contributed by atoms with van der Waals surface area (Å²) in [6.07, 6.45) is 0. The smallest absolute Gasteiger partial charge is 0.252 e. The minimum absolute atomic E-state index is 0.0602. The van der Waals surface area contributed by atoms with Crippen molar-refractivity contribution in [2.75, 3.05) is 11.4 Å². The van der Waals surface area contributed by atoms with E-state index < -0.39 is 0 Å². The first-order valence-electron chi connectivity index (χ1n) is 10.4. The van der Waals surface area contributed by atoms with E-state index >= 15 is 0 Å². The number of nitrogens with zero attached hydrogens (tertiary/aromatic N) is 4. The molecule has 0 saturated carbocycles. The molecule has 4 aromatic rings. The van der Waals surface area contributed by atoms with Crippen molar-refractivity contribution >= 4 is 22.6 Å². The average molecular weight is 415 g/mol. The van der Waals surface area contributed by atoms with Gasteiger partial charge in [-0.05, 0) is 63.1 Å². The Bertz CT molecular complexity index is 1320. The highest BCUT2D eigenvalue weighted by Crippen LogP contribution is 2.24. The number of para-hydroxylation sites is 1. The van der Waals surface area contributed by atoms with Crippen LogP contribution in [-0.2, 0) is 11.3 Å². The van der Waals surface area contributed by atoms with E-state index in [9.17, 15) is 9.59 Å². The molecule has 0 unspecified atom stereocenters. The molecule has 0 spiro atoms. The highest BCUT2D eigenvalue weighted by molar-refractivity contribution is 5.94. The van der Waals surface area contributed by atoms with E-state index in [-0.39, 0.29) is 18.0 Å². The largest absolute Gasteiger partial charge is 0.311 e. The molecule has 0 saturated heterocycles. The summed E-state index contributed by atoms with van der Waals surface area (Å²) in [5, 5.41) is 5.59. The zero-order chi connectivity index (χ0) is 22.1. The normalized spacial score (nSPS) is 11.1. The van der Waals surface area contributed by atoms with Crippen LogP contribution in [0.3, 0.4) is 0 Å². The van der Waals surface area contributed by atoms with Crippen LogP contribution < -0.4 is 10.5 Å². The molecule has 1 amide bonds. The van der Waals surface area contributed by atoms with Gasteiger partial charge in [0.2, 0.25) is 5.91 Å². The lowest BCUT2D eigenvalue weighted by atomic mass is 10.1. The zero-order valence-electron chi connectivity index (χ0n) is 18.3. The molecule has 0 atom stereocenters. The summed E-state index contributed by atoms with van der Waals surface area (Å²) in [4.78, 5) is 28.1. The third-order valence-electron chi connectivity index (χ3n) is 5.52. The van der Waals surface area contributed by atoms with E-state index in [1.54, 1.807) is 15.6 Å². The van der Waals surface area contributed by atoms with Gasteiger partial charge in [0.1, 0.15) is 12.2 Å². The first-order chi connectivity index (χ1) is 14.9. The fraction of sp³-hybridized carbons (Fsp3) is 0.240. The van der Waals surface area contributed by atoms with Crippen molar-refractivity contribution in [3.05, 3.63) is 87.8 Å². The van der Waals surface area contributed by atoms with Crippen LogP contribution >= 0.6 is 0 Å². The number of anilines is 1. The van der Waals surface area contributed by atoms with Crippen LogP contribution in [0, 0.1) is 20.8 Å². The second kappa shape index (κ2) is 8.22. The molecule has 0 aliphatic rings. The Morgan fingerprint density at radius 1 is 1.00 bits per heavy atom. The highest BCUT2D eigenvalue weighted by Gasteiger charge is 2.21. The summed E-state index contributed by atoms with van der Waals surface area (Å²) >= 11 is 0. The van der Waals surface area contributed by atoms with Gasteiger partial charge in [-0.3, -0.25) is 14.2 Å². The van der Waals surface area contributed by atoms with Gasteiger partial charge in [0, 0.05) is 23.7 Å². The predicted molar refractivity (Wildman–Crippen MR) is 124 cm³/mol. The number of aromatic nitrogens is 3. The summed E-state index contributed by atoms with van der Waals surface area (Å²) in [6, 6.07) is 19.1. The Labute approximate surface area is 181 Å². The van der Waals surface area contributed by atoms with Gasteiger partial charge in [-0.1, -0.05) is 30.3 Å². The molecule has 0 bridgehead atoms. The fourth-order valence-corrected chi connectivity index (χ4v) is 4.09. The summed E-state index contributed by atoms with van der Waals surface area (Å²) in [6.45, 7) is 8.23. The van der Waals surface area contributed by atoms with Gasteiger partial charge in [0.05, 0.1) is 11.4 Å². The average Bonchev–Trinajstić information content (AvgIpc) is 3.10. The van der Waals surface area contributed by atoms with Crippen molar-refractivity contribution in [1.29, 1.82) is 0 Å². The lowest BCUT2D eigenvalue weighted by Gasteiger charge is -2.22. The number of carbonyl (C=O) groups is 1. The molecule has 0 fully saturated rings. The molecule has 6 nitrogen and oxygen atoms in total. The van der Waals surface area contributed by atoms with Crippen molar-refractivity contribution in [3.8, 4) is 5.69 Å². The minimum atomic E-state index is -0.212. The molecule has 31 heavy (non-hydrogen) atoms. The number of benzene rings is 2. The Balaban J connectivity index is 1.86. The maximum Gasteiger partial charge on any atom is 0.252 e. The van der Waals surface area contributed by atoms with Gasteiger partial charge in [-0.25, -0.2) is 4.68 Å². The predicted octanol–water partition coefficient (Wildman–Crippen LogP) is 4.17. The van der Waals surface area contributed by atoms with Crippen LogP contribution in [0.4, 0.5) is 5.69 Å². The van der Waals surface area contributed by atoms with E-state index in [1.807, 2.05) is 82.3 Å². The van der Waals surface area contributed by atoms with Crippen molar-refractivity contribution in [2.45, 2.75) is 34.2 Å². The zero-order valence-corrected chi connectivity index (χ0v) is 18.3. The van der Waals surface area contributed by atoms with E-state index in [1.165, 1.54) is 4.57 Å². The number of likely N-dealkylation sites (N-methyl/N-ethyl adjacent to an activating group) is 1. The Morgan fingerprint density at radius 2 is 1.74 bits per heavy atom. The lowest BCUT2D eigenvalue weighted by Crippen LogP contribution is -2.37. The highest BCUT2D eigenvalue weighted by atomic mass is 16.2. The van der Waals surface area contributed by atoms with Crippen molar-refractivity contribution < 1.29 is 4.79 Å². The van der Waals surface area contributed by atoms with Crippen LogP contribution in [0.2, 0.25) is 0 Å². The van der Waals surface area contributed by atoms with Gasteiger partial charge in [-0.15, -0.1) is 0 Å². The lowest BCUT2D eigenvalue weighted by molar-refractivity contribution is -0.119. The molecule has 158 valence electrons. The van der Waals surface area contributed by atoms with Gasteiger partial charge >= 0.3 is 0 Å². The number of amides is 1. The summed E-state index contributed by atoms with van der Waals surface area (Å²) in [7, 11) is 0. The summed E-state index contributed by atoms with van der Waals surface area (Å²) < 4.78 is 3.30. The maximum absolute atomic E-state index is 13.3. The van der Waals surface area contributed by atoms with Gasteiger partial charge in [-0.2, -0.15) is 5.10 Å². The molecule has 4 rings (SSSR count). The van der Waals surface area contributed by atoms with Crippen molar-refractivity contribution in [2.24, 2.45) is 0 Å². The number of pyridine rings is 1. The molecular formula is C25H26N4O2. The van der Waals surface area contributed by atoms with E-state index in [0.29, 0.717) is 12.2 Å². The van der Waals surface area contributed by atoms with Crippen molar-refractivity contribution in [3.63, 3.8) is 0 Å². The SMILES string of the molecule is CCN(C(=O)Cn1c(=O)cc(C)c2c(C)nn(-c3ccccc3)c21)c1cccc(C)c1. The van der Waals surface area contributed by atoms with Crippen LogP contribution in [0.5, 0.6) is 0 Å². The molecule has 0 aliphatic carbocycles. The molecule has 2 aromatic heterocycles. The first-order valence-corrected chi connectivity index (χ1v) is 10.4. The third-order valence-corrected chi connectivity index (χ3v) is 5.52. The molecule has 2 aromatic carbocycles. The first kappa shape index (κ1) is 20.6. The Hall–Kier alpha value is -3.67. The monoisotopic (exact) mass is 414 g/mol. The van der Waals surface area contributed by atoms with E-state index in [2.05, 4.69) is 0 Å². The van der Waals surface area contributed by atoms with Crippen LogP contribution in [0.15, 0.2) is 65.5 Å². The second-order valence-corrected chi connectivity index (χ2v) is 7.76. The third kappa shape index (κ3) is 3.77. The van der Waals surface area contributed by atoms with Gasteiger partial charge < -0.3 is 4.90 Å².